The number of hydrogen-bond acceptors (Lipinski definition) is 4. The zero-order valence-corrected chi connectivity index (χ0v) is 15.1. The number of aldehydes is 1. The number of rotatable bonds is 5. The maximum Gasteiger partial charge on any atom is 0.268 e. The molecule has 0 N–H and O–H groups in total. The normalized spacial score (nSPS) is 15.5. The average molecular weight is 404 g/mol. The number of ether oxygens (including phenoxy) is 2. The average Bonchev–Trinajstić information content (AvgIpc) is 2.67. The van der Waals surface area contributed by atoms with E-state index in [2.05, 4.69) is 15.9 Å². The highest BCUT2D eigenvalue weighted by molar-refractivity contribution is 9.10. The maximum absolute atomic E-state index is 13.0. The molecule has 6 heteroatoms. The first-order valence-corrected chi connectivity index (χ1v) is 8.81. The molecule has 0 aromatic heterocycles. The molecule has 0 aliphatic carbocycles. The van der Waals surface area contributed by atoms with Gasteiger partial charge in [-0.05, 0) is 18.2 Å². The summed E-state index contributed by atoms with van der Waals surface area (Å²) in [6.07, 6.45) is -0.0828. The molecule has 3 rings (SSSR count). The van der Waals surface area contributed by atoms with Crippen LogP contribution in [0, 0.1) is 0 Å². The number of hydrogen-bond donors (Lipinski definition) is 0. The van der Waals surface area contributed by atoms with Gasteiger partial charge in [-0.25, -0.2) is 0 Å². The summed E-state index contributed by atoms with van der Waals surface area (Å²) in [5, 5.41) is 0. The SMILES string of the molecule is O=Cc1cc(Br)ccc1O[C@@H](C(=O)N1CCOCC1)c1ccccc1. The molecule has 0 unspecified atom stereocenters. The lowest BCUT2D eigenvalue weighted by atomic mass is 10.1. The van der Waals surface area contributed by atoms with Crippen molar-refractivity contribution in [3.63, 3.8) is 0 Å². The van der Waals surface area contributed by atoms with Crippen molar-refractivity contribution in [3.8, 4) is 5.75 Å². The van der Waals surface area contributed by atoms with Crippen molar-refractivity contribution >= 4 is 28.1 Å². The van der Waals surface area contributed by atoms with Crippen LogP contribution in [0.4, 0.5) is 0 Å². The molecule has 1 saturated heterocycles. The van der Waals surface area contributed by atoms with E-state index in [1.807, 2.05) is 30.3 Å². The number of benzene rings is 2. The Labute approximate surface area is 154 Å². The van der Waals surface area contributed by atoms with Crippen LogP contribution in [-0.2, 0) is 9.53 Å². The molecule has 0 radical (unpaired) electrons. The van der Waals surface area contributed by atoms with Gasteiger partial charge in [0.1, 0.15) is 5.75 Å². The topological polar surface area (TPSA) is 55.8 Å². The predicted octanol–water partition coefficient (Wildman–Crippen LogP) is 3.24. The van der Waals surface area contributed by atoms with Crippen LogP contribution in [0.5, 0.6) is 5.75 Å². The predicted molar refractivity (Wildman–Crippen MR) is 96.7 cm³/mol. The van der Waals surface area contributed by atoms with E-state index in [4.69, 9.17) is 9.47 Å². The quantitative estimate of drug-likeness (QED) is 0.719. The Morgan fingerprint density at radius 2 is 1.88 bits per heavy atom. The van der Waals surface area contributed by atoms with Crippen LogP contribution in [0.25, 0.3) is 0 Å². The van der Waals surface area contributed by atoms with Crippen molar-refractivity contribution in [1.29, 1.82) is 0 Å². The Bertz CT molecular complexity index is 744. The first kappa shape index (κ1) is 17.6. The van der Waals surface area contributed by atoms with Gasteiger partial charge in [0, 0.05) is 23.1 Å². The highest BCUT2D eigenvalue weighted by Crippen LogP contribution is 2.28. The van der Waals surface area contributed by atoms with E-state index in [1.165, 1.54) is 0 Å². The summed E-state index contributed by atoms with van der Waals surface area (Å²) in [5.74, 6) is 0.253. The van der Waals surface area contributed by atoms with Crippen molar-refractivity contribution < 1.29 is 19.1 Å². The first-order valence-electron chi connectivity index (χ1n) is 8.02. The van der Waals surface area contributed by atoms with E-state index >= 15 is 0 Å². The molecule has 130 valence electrons. The standard InChI is InChI=1S/C19H18BrNO4/c20-16-6-7-17(15(12-16)13-22)25-18(14-4-2-1-3-5-14)19(23)21-8-10-24-11-9-21/h1-7,12-13,18H,8-11H2/t18-/m1/s1. The number of amides is 1. The number of carbonyl (C=O) groups is 2. The van der Waals surface area contributed by atoms with E-state index in [-0.39, 0.29) is 5.91 Å². The van der Waals surface area contributed by atoms with Crippen molar-refractivity contribution in [1.82, 2.24) is 4.90 Å². The molecule has 1 amide bonds. The molecule has 1 atom stereocenters. The van der Waals surface area contributed by atoms with Gasteiger partial charge in [-0.3, -0.25) is 9.59 Å². The highest BCUT2D eigenvalue weighted by atomic mass is 79.9. The molecule has 1 aliphatic heterocycles. The molecule has 5 nitrogen and oxygen atoms in total. The molecular weight excluding hydrogens is 386 g/mol. The Hall–Kier alpha value is -2.18. The number of halogens is 1. The third-order valence-electron chi connectivity index (χ3n) is 3.99. The molecule has 0 spiro atoms. The lowest BCUT2D eigenvalue weighted by molar-refractivity contribution is -0.143. The van der Waals surface area contributed by atoms with Crippen LogP contribution in [0.1, 0.15) is 22.0 Å². The van der Waals surface area contributed by atoms with E-state index in [9.17, 15) is 9.59 Å². The van der Waals surface area contributed by atoms with Gasteiger partial charge >= 0.3 is 0 Å². The van der Waals surface area contributed by atoms with Gasteiger partial charge in [-0.15, -0.1) is 0 Å². The minimum Gasteiger partial charge on any atom is -0.475 e. The van der Waals surface area contributed by atoms with Crippen molar-refractivity contribution in [3.05, 3.63) is 64.1 Å². The Kier molecular flexibility index (Phi) is 5.83. The summed E-state index contributed by atoms with van der Waals surface area (Å²) < 4.78 is 12.1. The Morgan fingerprint density at radius 3 is 2.56 bits per heavy atom. The second-order valence-corrected chi connectivity index (χ2v) is 6.56. The largest absolute Gasteiger partial charge is 0.475 e. The third-order valence-corrected chi connectivity index (χ3v) is 4.49. The molecule has 2 aromatic rings. The fourth-order valence-corrected chi connectivity index (χ4v) is 3.06. The summed E-state index contributed by atoms with van der Waals surface area (Å²) in [4.78, 5) is 26.1. The van der Waals surface area contributed by atoms with Crippen LogP contribution in [0.15, 0.2) is 53.0 Å². The summed E-state index contributed by atoms with van der Waals surface area (Å²) in [6.45, 7) is 2.11. The molecule has 1 heterocycles. The monoisotopic (exact) mass is 403 g/mol. The van der Waals surface area contributed by atoms with Crippen LogP contribution >= 0.6 is 15.9 Å². The molecule has 1 aliphatic rings. The molecule has 0 saturated carbocycles. The summed E-state index contributed by atoms with van der Waals surface area (Å²) in [5.41, 5.74) is 1.14. The zero-order chi connectivity index (χ0) is 17.6. The van der Waals surface area contributed by atoms with Gasteiger partial charge in [0.05, 0.1) is 18.8 Å². The minimum atomic E-state index is -0.806. The molecule has 1 fully saturated rings. The van der Waals surface area contributed by atoms with E-state index in [0.717, 1.165) is 16.3 Å². The van der Waals surface area contributed by atoms with E-state index in [1.54, 1.807) is 23.1 Å². The summed E-state index contributed by atoms with van der Waals surface area (Å²) >= 11 is 3.34. The smallest absolute Gasteiger partial charge is 0.268 e. The fraction of sp³-hybridized carbons (Fsp3) is 0.263. The maximum atomic E-state index is 13.0. The minimum absolute atomic E-state index is 0.130. The van der Waals surface area contributed by atoms with Crippen molar-refractivity contribution in [2.45, 2.75) is 6.10 Å². The zero-order valence-electron chi connectivity index (χ0n) is 13.6. The van der Waals surface area contributed by atoms with E-state index < -0.39 is 6.10 Å². The molecule has 25 heavy (non-hydrogen) atoms. The first-order chi connectivity index (χ1) is 12.2. The lowest BCUT2D eigenvalue weighted by Crippen LogP contribution is -2.44. The van der Waals surface area contributed by atoms with Crippen LogP contribution in [-0.4, -0.2) is 43.4 Å². The fourth-order valence-electron chi connectivity index (χ4n) is 2.68. The van der Waals surface area contributed by atoms with Gasteiger partial charge in [-0.1, -0.05) is 46.3 Å². The van der Waals surface area contributed by atoms with Gasteiger partial charge in [0.25, 0.3) is 5.91 Å². The lowest BCUT2D eigenvalue weighted by Gasteiger charge is -2.31. The number of morpholine rings is 1. The number of nitrogens with zero attached hydrogens (tertiary/aromatic N) is 1. The van der Waals surface area contributed by atoms with Crippen LogP contribution in [0.2, 0.25) is 0 Å². The van der Waals surface area contributed by atoms with Crippen LogP contribution < -0.4 is 4.74 Å². The van der Waals surface area contributed by atoms with Crippen LogP contribution in [0.3, 0.4) is 0 Å². The molecule has 2 aromatic carbocycles. The third kappa shape index (κ3) is 4.27. The van der Waals surface area contributed by atoms with Gasteiger partial charge in [-0.2, -0.15) is 0 Å². The second-order valence-electron chi connectivity index (χ2n) is 5.65. The second kappa shape index (κ2) is 8.27. The summed E-state index contributed by atoms with van der Waals surface area (Å²) in [7, 11) is 0. The Morgan fingerprint density at radius 1 is 1.16 bits per heavy atom. The van der Waals surface area contributed by atoms with Gasteiger partial charge < -0.3 is 14.4 Å². The number of carbonyl (C=O) groups excluding carboxylic acids is 2. The summed E-state index contributed by atoms with van der Waals surface area (Å²) in [6, 6.07) is 14.5. The highest BCUT2D eigenvalue weighted by Gasteiger charge is 2.29. The van der Waals surface area contributed by atoms with Gasteiger partial charge in [0.2, 0.25) is 6.10 Å². The Balaban J connectivity index is 1.91. The molecule has 0 bridgehead atoms. The van der Waals surface area contributed by atoms with Crippen molar-refractivity contribution in [2.24, 2.45) is 0 Å². The molecular formula is C19H18BrNO4. The van der Waals surface area contributed by atoms with Gasteiger partial charge in [0.15, 0.2) is 6.29 Å². The van der Waals surface area contributed by atoms with E-state index in [0.29, 0.717) is 37.6 Å². The van der Waals surface area contributed by atoms with Crippen molar-refractivity contribution in [2.75, 3.05) is 26.3 Å².